The third kappa shape index (κ3) is 3.15. The molecule has 2 aliphatic rings. The van der Waals surface area contributed by atoms with Crippen LogP contribution < -0.4 is 9.64 Å². The summed E-state index contributed by atoms with van der Waals surface area (Å²) in [6.07, 6.45) is 0. The molecular formula is C25H21FN2O3S. The lowest BCUT2D eigenvalue weighted by Gasteiger charge is -2.33. The topological polar surface area (TPSA) is 49.9 Å². The number of hydrogen-bond acceptors (Lipinski definition) is 4. The van der Waals surface area contributed by atoms with Crippen molar-refractivity contribution in [3.05, 3.63) is 95.3 Å². The normalized spacial score (nSPS) is 19.5. The van der Waals surface area contributed by atoms with Crippen molar-refractivity contribution in [1.82, 2.24) is 4.90 Å². The van der Waals surface area contributed by atoms with Gasteiger partial charge in [0.25, 0.3) is 11.8 Å². The van der Waals surface area contributed by atoms with Gasteiger partial charge in [-0.25, -0.2) is 4.39 Å². The Balaban J connectivity index is 1.55. The summed E-state index contributed by atoms with van der Waals surface area (Å²) >= 11 is 1.48. The van der Waals surface area contributed by atoms with Gasteiger partial charge < -0.3 is 14.5 Å². The average Bonchev–Trinajstić information content (AvgIpc) is 3.37. The molecular weight excluding hydrogens is 427 g/mol. The summed E-state index contributed by atoms with van der Waals surface area (Å²) in [5, 5.41) is 0. The van der Waals surface area contributed by atoms with E-state index in [0.29, 0.717) is 30.2 Å². The summed E-state index contributed by atoms with van der Waals surface area (Å²) in [6, 6.07) is 20.7. The van der Waals surface area contributed by atoms with Gasteiger partial charge in [0.05, 0.1) is 19.3 Å². The number of anilines is 1. The average molecular weight is 449 g/mol. The lowest BCUT2D eigenvalue weighted by atomic mass is 10.0. The number of carbonyl (C=O) groups is 2. The molecule has 2 heterocycles. The molecule has 0 N–H and O–H groups in total. The van der Waals surface area contributed by atoms with E-state index in [-0.39, 0.29) is 17.6 Å². The summed E-state index contributed by atoms with van der Waals surface area (Å²) in [7, 11) is 1.56. The van der Waals surface area contributed by atoms with Crippen molar-refractivity contribution in [2.24, 2.45) is 0 Å². The number of carbonyl (C=O) groups excluding carboxylic acids is 2. The van der Waals surface area contributed by atoms with Crippen molar-refractivity contribution >= 4 is 29.3 Å². The molecule has 162 valence electrons. The number of hydrogen-bond donors (Lipinski definition) is 0. The molecule has 5 nitrogen and oxygen atoms in total. The van der Waals surface area contributed by atoms with E-state index >= 15 is 0 Å². The van der Waals surface area contributed by atoms with Crippen LogP contribution in [-0.4, -0.2) is 36.1 Å². The lowest BCUT2D eigenvalue weighted by molar-refractivity contribution is -0.123. The van der Waals surface area contributed by atoms with Crippen LogP contribution in [0.25, 0.3) is 0 Å². The van der Waals surface area contributed by atoms with Crippen molar-refractivity contribution in [2.45, 2.75) is 11.4 Å². The fourth-order valence-corrected chi connectivity index (χ4v) is 5.87. The second kappa shape index (κ2) is 7.98. The fourth-order valence-electron chi connectivity index (χ4n) is 4.41. The first-order valence-electron chi connectivity index (χ1n) is 10.3. The van der Waals surface area contributed by atoms with Gasteiger partial charge in [-0.3, -0.25) is 9.59 Å². The van der Waals surface area contributed by atoms with Crippen molar-refractivity contribution < 1.29 is 18.7 Å². The van der Waals surface area contributed by atoms with E-state index < -0.39 is 4.87 Å². The molecule has 0 aromatic heterocycles. The first kappa shape index (κ1) is 20.6. The van der Waals surface area contributed by atoms with Gasteiger partial charge in [0, 0.05) is 23.4 Å². The van der Waals surface area contributed by atoms with Crippen molar-refractivity contribution in [3.63, 3.8) is 0 Å². The minimum atomic E-state index is -1.11. The Morgan fingerprint density at radius 2 is 1.88 bits per heavy atom. The standard InChI is InChI=1S/C25H21FN2O3S/c1-31-20-6-4-5-18(15-20)23(29)28-13-14-32-25(28)21-7-2-3-8-22(21)27(24(25)30)16-17-9-11-19(26)12-10-17/h2-12,15H,13-14,16H2,1H3. The van der Waals surface area contributed by atoms with Gasteiger partial charge in [-0.2, -0.15) is 0 Å². The number of para-hydroxylation sites is 1. The zero-order valence-corrected chi connectivity index (χ0v) is 18.3. The molecule has 7 heteroatoms. The van der Waals surface area contributed by atoms with Crippen LogP contribution in [0.3, 0.4) is 0 Å². The number of halogens is 1. The summed E-state index contributed by atoms with van der Waals surface area (Å²) < 4.78 is 18.7. The first-order chi connectivity index (χ1) is 15.5. The summed E-state index contributed by atoms with van der Waals surface area (Å²) in [5.74, 6) is 0.565. The van der Waals surface area contributed by atoms with E-state index in [1.165, 1.54) is 23.9 Å². The van der Waals surface area contributed by atoms with E-state index in [9.17, 15) is 14.0 Å². The Labute approximate surface area is 189 Å². The second-order valence-electron chi connectivity index (χ2n) is 7.72. The highest BCUT2D eigenvalue weighted by atomic mass is 32.2. The number of thioether (sulfide) groups is 1. The molecule has 1 saturated heterocycles. The van der Waals surface area contributed by atoms with Gasteiger partial charge in [0.2, 0.25) is 0 Å². The molecule has 0 saturated carbocycles. The molecule has 1 spiro atoms. The number of nitrogens with zero attached hydrogens (tertiary/aromatic N) is 2. The van der Waals surface area contributed by atoms with E-state index in [1.807, 2.05) is 24.3 Å². The zero-order valence-electron chi connectivity index (χ0n) is 17.5. The summed E-state index contributed by atoms with van der Waals surface area (Å²) in [6.45, 7) is 0.769. The van der Waals surface area contributed by atoms with Crippen molar-refractivity contribution in [3.8, 4) is 5.75 Å². The molecule has 5 rings (SSSR count). The maximum absolute atomic E-state index is 13.9. The van der Waals surface area contributed by atoms with Crippen LogP contribution in [0.5, 0.6) is 5.75 Å². The molecule has 0 bridgehead atoms. The largest absolute Gasteiger partial charge is 0.497 e. The monoisotopic (exact) mass is 448 g/mol. The third-order valence-corrected chi connectivity index (χ3v) is 7.34. The SMILES string of the molecule is COc1cccc(C(=O)N2CCSC23C(=O)N(Cc2ccc(F)cc2)c2ccccc23)c1. The van der Waals surface area contributed by atoms with Crippen molar-refractivity contribution in [1.29, 1.82) is 0 Å². The number of fused-ring (bicyclic) bond motifs is 2. The predicted octanol–water partition coefficient (Wildman–Crippen LogP) is 4.42. The summed E-state index contributed by atoms with van der Waals surface area (Å²) in [4.78, 5) is 29.8. The third-order valence-electron chi connectivity index (χ3n) is 5.92. The molecule has 3 aromatic rings. The van der Waals surface area contributed by atoms with Gasteiger partial charge in [0.1, 0.15) is 11.6 Å². The van der Waals surface area contributed by atoms with Crippen LogP contribution in [0.15, 0.2) is 72.8 Å². The smallest absolute Gasteiger partial charge is 0.268 e. The van der Waals surface area contributed by atoms with Crippen LogP contribution in [-0.2, 0) is 16.2 Å². The Morgan fingerprint density at radius 3 is 2.66 bits per heavy atom. The Kier molecular flexibility index (Phi) is 5.13. The summed E-state index contributed by atoms with van der Waals surface area (Å²) in [5.41, 5.74) is 2.89. The van der Waals surface area contributed by atoms with E-state index in [2.05, 4.69) is 0 Å². The molecule has 0 radical (unpaired) electrons. The number of rotatable bonds is 4. The predicted molar refractivity (Wildman–Crippen MR) is 122 cm³/mol. The van der Waals surface area contributed by atoms with Gasteiger partial charge in [0.15, 0.2) is 4.87 Å². The Hall–Kier alpha value is -3.32. The quantitative estimate of drug-likeness (QED) is 0.593. The maximum atomic E-state index is 13.9. The first-order valence-corrected chi connectivity index (χ1v) is 11.3. The molecule has 32 heavy (non-hydrogen) atoms. The highest BCUT2D eigenvalue weighted by Gasteiger charge is 2.59. The minimum absolute atomic E-state index is 0.151. The number of methoxy groups -OCH3 is 1. The number of ether oxygens (including phenoxy) is 1. The van der Waals surface area contributed by atoms with Crippen molar-refractivity contribution in [2.75, 3.05) is 24.3 Å². The van der Waals surface area contributed by atoms with Gasteiger partial charge in [-0.1, -0.05) is 36.4 Å². The Bertz CT molecular complexity index is 1200. The van der Waals surface area contributed by atoms with E-state index in [4.69, 9.17) is 4.74 Å². The van der Waals surface area contributed by atoms with Gasteiger partial charge in [-0.15, -0.1) is 11.8 Å². The highest BCUT2D eigenvalue weighted by molar-refractivity contribution is 8.01. The van der Waals surface area contributed by atoms with Crippen LogP contribution >= 0.6 is 11.8 Å². The second-order valence-corrected chi connectivity index (χ2v) is 9.00. The molecule has 0 aliphatic carbocycles. The van der Waals surface area contributed by atoms with Gasteiger partial charge in [-0.05, 0) is 42.0 Å². The van der Waals surface area contributed by atoms with Crippen LogP contribution in [0, 0.1) is 5.82 Å². The molecule has 2 amide bonds. The van der Waals surface area contributed by atoms with E-state index in [0.717, 1.165) is 16.8 Å². The van der Waals surface area contributed by atoms with Crippen LogP contribution in [0.1, 0.15) is 21.5 Å². The Morgan fingerprint density at radius 1 is 1.09 bits per heavy atom. The molecule has 1 fully saturated rings. The molecule has 3 aromatic carbocycles. The molecule has 1 unspecified atom stereocenters. The van der Waals surface area contributed by atoms with Crippen LogP contribution in [0.2, 0.25) is 0 Å². The fraction of sp³-hybridized carbons (Fsp3) is 0.200. The lowest BCUT2D eigenvalue weighted by Crippen LogP contribution is -2.50. The maximum Gasteiger partial charge on any atom is 0.268 e. The van der Waals surface area contributed by atoms with Gasteiger partial charge >= 0.3 is 0 Å². The van der Waals surface area contributed by atoms with E-state index in [1.54, 1.807) is 53.3 Å². The zero-order chi connectivity index (χ0) is 22.3. The molecule has 2 aliphatic heterocycles. The minimum Gasteiger partial charge on any atom is -0.497 e. The number of amides is 2. The molecule has 1 atom stereocenters. The van der Waals surface area contributed by atoms with Crippen LogP contribution in [0.4, 0.5) is 10.1 Å². The number of benzene rings is 3. The highest BCUT2D eigenvalue weighted by Crippen LogP contribution is 2.54.